The molecule has 6 rings (SSSR count). The van der Waals surface area contributed by atoms with E-state index in [-0.39, 0.29) is 0 Å². The minimum atomic E-state index is -0.536. The standard InChI is InChI=1S/C25H19NP2/c1-26(27-22-14-6-2-10-18(22)19-11-3-7-15-23(19)27)28-24-16-8-4-12-20(24)21-13-5-9-17-25(21)28/h2-17H,1H3. The second-order valence-electron chi connectivity index (χ2n) is 7.18. The highest BCUT2D eigenvalue weighted by Crippen LogP contribution is 2.60. The van der Waals surface area contributed by atoms with Crippen molar-refractivity contribution in [3.63, 3.8) is 0 Å². The Morgan fingerprint density at radius 3 is 0.964 bits per heavy atom. The zero-order chi connectivity index (χ0) is 18.7. The molecule has 0 N–H and O–H groups in total. The normalized spacial score (nSPS) is 12.1. The maximum Gasteiger partial charge on any atom is 0.0172 e. The second kappa shape index (κ2) is 6.23. The zero-order valence-corrected chi connectivity index (χ0v) is 17.4. The summed E-state index contributed by atoms with van der Waals surface area (Å²) in [6.07, 6.45) is 0. The highest BCUT2D eigenvalue weighted by atomic mass is 31.2. The summed E-state index contributed by atoms with van der Waals surface area (Å²) >= 11 is 0. The van der Waals surface area contributed by atoms with Crippen molar-refractivity contribution >= 4 is 57.4 Å². The third-order valence-corrected chi connectivity index (χ3v) is 11.3. The molecule has 0 aliphatic heterocycles. The first-order valence-electron chi connectivity index (χ1n) is 9.55. The van der Waals surface area contributed by atoms with Crippen LogP contribution < -0.4 is 4.44 Å². The molecule has 2 heterocycles. The number of rotatable bonds is 2. The van der Waals surface area contributed by atoms with Crippen LogP contribution in [0.2, 0.25) is 0 Å². The third kappa shape index (κ3) is 2.19. The molecule has 0 bridgehead atoms. The van der Waals surface area contributed by atoms with Gasteiger partial charge in [-0.3, -0.25) is 0 Å². The van der Waals surface area contributed by atoms with E-state index in [1.807, 2.05) is 0 Å². The van der Waals surface area contributed by atoms with E-state index < -0.39 is 15.4 Å². The second-order valence-corrected chi connectivity index (χ2v) is 11.9. The first-order chi connectivity index (χ1) is 13.8. The molecule has 3 heteroatoms. The van der Waals surface area contributed by atoms with E-state index >= 15 is 0 Å². The van der Waals surface area contributed by atoms with Gasteiger partial charge in [0.1, 0.15) is 0 Å². The van der Waals surface area contributed by atoms with Gasteiger partial charge in [-0.25, -0.2) is 4.44 Å². The lowest BCUT2D eigenvalue weighted by molar-refractivity contribution is 1.56. The Kier molecular flexibility index (Phi) is 3.65. The molecule has 0 fully saturated rings. The average Bonchev–Trinajstić information content (AvgIpc) is 3.27. The Morgan fingerprint density at radius 1 is 0.429 bits per heavy atom. The lowest BCUT2D eigenvalue weighted by Gasteiger charge is -2.19. The van der Waals surface area contributed by atoms with Gasteiger partial charge in [0.15, 0.2) is 0 Å². The van der Waals surface area contributed by atoms with Crippen LogP contribution >= 0.6 is 15.4 Å². The van der Waals surface area contributed by atoms with Crippen LogP contribution in [-0.2, 0) is 0 Å². The number of hydrogen-bond acceptors (Lipinski definition) is 1. The van der Waals surface area contributed by atoms with Gasteiger partial charge >= 0.3 is 0 Å². The van der Waals surface area contributed by atoms with E-state index in [1.165, 1.54) is 42.0 Å². The SMILES string of the molecule is CN(p1c2ccccc2c2ccccc21)p1c2ccccc2c2ccccc21. The zero-order valence-electron chi connectivity index (χ0n) is 15.6. The molecular weight excluding hydrogens is 376 g/mol. The van der Waals surface area contributed by atoms with Gasteiger partial charge in [0.25, 0.3) is 0 Å². The van der Waals surface area contributed by atoms with E-state index in [9.17, 15) is 0 Å². The Labute approximate surface area is 166 Å². The molecule has 0 spiro atoms. The fraction of sp³-hybridized carbons (Fsp3) is 0.0400. The Balaban J connectivity index is 1.75. The minimum absolute atomic E-state index is 0.536. The topological polar surface area (TPSA) is 3.24 Å². The van der Waals surface area contributed by atoms with Crippen molar-refractivity contribution in [3.8, 4) is 0 Å². The molecule has 0 aliphatic carbocycles. The van der Waals surface area contributed by atoms with Gasteiger partial charge in [-0.1, -0.05) is 72.8 Å². The van der Waals surface area contributed by atoms with Crippen LogP contribution in [0.25, 0.3) is 42.0 Å². The molecule has 28 heavy (non-hydrogen) atoms. The summed E-state index contributed by atoms with van der Waals surface area (Å²) in [4.78, 5) is 0. The first-order valence-corrected chi connectivity index (χ1v) is 12.1. The Hall–Kier alpha value is -2.56. The van der Waals surface area contributed by atoms with Gasteiger partial charge in [-0.05, 0) is 61.2 Å². The molecule has 0 saturated carbocycles. The summed E-state index contributed by atoms with van der Waals surface area (Å²) in [7, 11) is 1.27. The fourth-order valence-electron chi connectivity index (χ4n) is 4.52. The van der Waals surface area contributed by atoms with Crippen LogP contribution in [0.4, 0.5) is 0 Å². The van der Waals surface area contributed by atoms with Gasteiger partial charge in [-0.15, -0.1) is 0 Å². The predicted octanol–water partition coefficient (Wildman–Crippen LogP) is 8.30. The molecule has 0 atom stereocenters. The van der Waals surface area contributed by atoms with E-state index in [2.05, 4.69) is 109 Å². The van der Waals surface area contributed by atoms with Crippen molar-refractivity contribution in [3.05, 3.63) is 97.1 Å². The van der Waals surface area contributed by atoms with Gasteiger partial charge in [0, 0.05) is 27.5 Å². The quantitative estimate of drug-likeness (QED) is 0.285. The summed E-state index contributed by atoms with van der Waals surface area (Å²) in [6.45, 7) is 0. The van der Waals surface area contributed by atoms with Crippen LogP contribution in [-0.4, -0.2) is 7.05 Å². The van der Waals surface area contributed by atoms with Gasteiger partial charge < -0.3 is 0 Å². The van der Waals surface area contributed by atoms with Crippen molar-refractivity contribution in [2.75, 3.05) is 11.5 Å². The molecule has 134 valence electrons. The van der Waals surface area contributed by atoms with Gasteiger partial charge in [0.05, 0.1) is 0 Å². The smallest absolute Gasteiger partial charge is 0.0172 e. The van der Waals surface area contributed by atoms with Crippen LogP contribution in [0.3, 0.4) is 0 Å². The van der Waals surface area contributed by atoms with Crippen LogP contribution in [0.5, 0.6) is 0 Å². The molecule has 4 aromatic carbocycles. The highest BCUT2D eigenvalue weighted by molar-refractivity contribution is 7.79. The molecule has 2 aromatic heterocycles. The summed E-state index contributed by atoms with van der Waals surface area (Å²) in [5.41, 5.74) is 0. The van der Waals surface area contributed by atoms with Crippen LogP contribution in [0.1, 0.15) is 0 Å². The predicted molar refractivity (Wildman–Crippen MR) is 128 cm³/mol. The van der Waals surface area contributed by atoms with E-state index in [1.54, 1.807) is 0 Å². The number of nitrogens with zero attached hydrogens (tertiary/aromatic N) is 1. The third-order valence-electron chi connectivity index (χ3n) is 5.69. The molecule has 0 amide bonds. The van der Waals surface area contributed by atoms with Crippen molar-refractivity contribution in [1.82, 2.24) is 0 Å². The maximum absolute atomic E-state index is 2.69. The lowest BCUT2D eigenvalue weighted by Crippen LogP contribution is -1.99. The molecule has 6 aromatic rings. The summed E-state index contributed by atoms with van der Waals surface area (Å²) in [5, 5.41) is 11.6. The first kappa shape index (κ1) is 16.4. The van der Waals surface area contributed by atoms with Crippen molar-refractivity contribution < 1.29 is 0 Å². The maximum atomic E-state index is 2.69. The number of hydrogen-bond donors (Lipinski definition) is 0. The molecule has 1 nitrogen and oxygen atoms in total. The Morgan fingerprint density at radius 2 is 0.679 bits per heavy atom. The van der Waals surface area contributed by atoms with Crippen molar-refractivity contribution in [1.29, 1.82) is 0 Å². The molecule has 0 saturated heterocycles. The fourth-order valence-corrected chi connectivity index (χ4v) is 10.8. The molecular formula is C25H19NP2. The molecule has 0 unspecified atom stereocenters. The van der Waals surface area contributed by atoms with E-state index in [0.717, 1.165) is 0 Å². The van der Waals surface area contributed by atoms with Crippen LogP contribution in [0, 0.1) is 0 Å². The monoisotopic (exact) mass is 395 g/mol. The largest absolute Gasteiger partial charge is 0.218 e. The highest BCUT2D eigenvalue weighted by Gasteiger charge is 2.20. The van der Waals surface area contributed by atoms with Crippen molar-refractivity contribution in [2.45, 2.75) is 0 Å². The number of benzene rings is 4. The average molecular weight is 395 g/mol. The Bertz CT molecular complexity index is 1270. The number of fused-ring (bicyclic) bond motifs is 6. The lowest BCUT2D eigenvalue weighted by atomic mass is 10.2. The molecule has 0 radical (unpaired) electrons. The van der Waals surface area contributed by atoms with Crippen molar-refractivity contribution in [2.24, 2.45) is 0 Å². The van der Waals surface area contributed by atoms with Crippen LogP contribution in [0.15, 0.2) is 97.1 Å². The summed E-state index contributed by atoms with van der Waals surface area (Å²) < 4.78 is 2.69. The van der Waals surface area contributed by atoms with Gasteiger partial charge in [-0.2, -0.15) is 0 Å². The summed E-state index contributed by atoms with van der Waals surface area (Å²) in [6, 6.07) is 35.9. The van der Waals surface area contributed by atoms with E-state index in [0.29, 0.717) is 0 Å². The molecule has 0 aliphatic rings. The van der Waals surface area contributed by atoms with E-state index in [4.69, 9.17) is 0 Å². The summed E-state index contributed by atoms with van der Waals surface area (Å²) in [5.74, 6) is 0. The van der Waals surface area contributed by atoms with Gasteiger partial charge in [0.2, 0.25) is 0 Å². The minimum Gasteiger partial charge on any atom is -0.218 e.